The number of nitrogens with zero attached hydrogens (tertiary/aromatic N) is 2. The number of amides is 2. The van der Waals surface area contributed by atoms with E-state index in [-0.39, 0.29) is 41.4 Å². The van der Waals surface area contributed by atoms with Crippen LogP contribution in [0.5, 0.6) is 11.5 Å². The fourth-order valence-electron chi connectivity index (χ4n) is 5.45. The summed E-state index contributed by atoms with van der Waals surface area (Å²) in [6, 6.07) is 12.8. The number of carbonyl (C=O) groups is 2. The third-order valence-corrected chi connectivity index (χ3v) is 10.5. The number of sulfonamides is 1. The standard InChI is InChI=1S/C32H34Cl2FN3O6S/c1-21(32(40)36-23-6-3-2-4-7-23)37(19-26-27(33)8-5-9-28(26)34)31(39)20-38(24-12-10-22(35)11-13-24)45(41,42)25-14-15-29-30(18-25)44-17-16-43-29/h5,8-15,18,21,23H,2-4,6-7,16-17,19-20H2,1H3,(H,36,40). The summed E-state index contributed by atoms with van der Waals surface area (Å²) in [5, 5.41) is 3.63. The van der Waals surface area contributed by atoms with Crippen LogP contribution >= 0.6 is 23.2 Å². The van der Waals surface area contributed by atoms with E-state index in [2.05, 4.69) is 5.32 Å². The molecule has 1 aliphatic carbocycles. The number of hydrogen-bond acceptors (Lipinski definition) is 6. The lowest BCUT2D eigenvalue weighted by Gasteiger charge is -2.33. The van der Waals surface area contributed by atoms with E-state index in [1.807, 2.05) is 0 Å². The van der Waals surface area contributed by atoms with Gasteiger partial charge in [0.2, 0.25) is 11.8 Å². The van der Waals surface area contributed by atoms with Crippen molar-refractivity contribution >= 4 is 50.7 Å². The van der Waals surface area contributed by atoms with E-state index in [0.29, 0.717) is 28.0 Å². The summed E-state index contributed by atoms with van der Waals surface area (Å²) in [5.74, 6) is -1.00. The summed E-state index contributed by atoms with van der Waals surface area (Å²) in [7, 11) is -4.41. The van der Waals surface area contributed by atoms with Crippen LogP contribution < -0.4 is 19.1 Å². The van der Waals surface area contributed by atoms with Gasteiger partial charge in [-0.25, -0.2) is 12.8 Å². The minimum atomic E-state index is -4.41. The maximum absolute atomic E-state index is 14.2. The minimum absolute atomic E-state index is 0.0131. The molecule has 5 rings (SSSR count). The maximum Gasteiger partial charge on any atom is 0.264 e. The maximum atomic E-state index is 14.2. The fraction of sp³-hybridized carbons (Fsp3) is 0.375. The molecule has 1 atom stereocenters. The van der Waals surface area contributed by atoms with Crippen molar-refractivity contribution in [1.82, 2.24) is 10.2 Å². The molecule has 1 unspecified atom stereocenters. The number of hydrogen-bond donors (Lipinski definition) is 1. The van der Waals surface area contributed by atoms with Gasteiger partial charge in [-0.15, -0.1) is 0 Å². The predicted octanol–water partition coefficient (Wildman–Crippen LogP) is 5.97. The monoisotopic (exact) mass is 677 g/mol. The Morgan fingerprint density at radius 1 is 0.956 bits per heavy atom. The quantitative estimate of drug-likeness (QED) is 0.284. The van der Waals surface area contributed by atoms with E-state index in [0.717, 1.165) is 48.5 Å². The van der Waals surface area contributed by atoms with Crippen molar-refractivity contribution in [1.29, 1.82) is 0 Å². The molecule has 0 spiro atoms. The van der Waals surface area contributed by atoms with Crippen molar-refractivity contribution in [2.75, 3.05) is 24.1 Å². The zero-order valence-corrected chi connectivity index (χ0v) is 27.0. The van der Waals surface area contributed by atoms with Gasteiger partial charge in [-0.1, -0.05) is 48.5 Å². The lowest BCUT2D eigenvalue weighted by molar-refractivity contribution is -0.139. The van der Waals surface area contributed by atoms with Crippen LogP contribution in [0.1, 0.15) is 44.6 Å². The van der Waals surface area contributed by atoms with E-state index in [9.17, 15) is 22.4 Å². The molecule has 9 nitrogen and oxygen atoms in total. The van der Waals surface area contributed by atoms with Crippen molar-refractivity contribution in [2.45, 2.75) is 62.6 Å². The molecular weight excluding hydrogens is 644 g/mol. The van der Waals surface area contributed by atoms with Gasteiger partial charge in [0.25, 0.3) is 10.0 Å². The second-order valence-corrected chi connectivity index (χ2v) is 13.7. The average molecular weight is 679 g/mol. The van der Waals surface area contributed by atoms with Crippen molar-refractivity contribution < 1.29 is 31.9 Å². The second kappa shape index (κ2) is 14.3. The highest BCUT2D eigenvalue weighted by molar-refractivity contribution is 7.92. The van der Waals surface area contributed by atoms with Crippen LogP contribution in [0.3, 0.4) is 0 Å². The summed E-state index contributed by atoms with van der Waals surface area (Å²) < 4.78 is 54.2. The molecular formula is C32H34Cl2FN3O6S. The lowest BCUT2D eigenvalue weighted by atomic mass is 9.95. The zero-order chi connectivity index (χ0) is 32.1. The number of fused-ring (bicyclic) bond motifs is 1. The first-order valence-electron chi connectivity index (χ1n) is 14.8. The Kier molecular flexibility index (Phi) is 10.4. The zero-order valence-electron chi connectivity index (χ0n) is 24.7. The normalized spacial score (nSPS) is 15.6. The third-order valence-electron chi connectivity index (χ3n) is 8.00. The average Bonchev–Trinajstić information content (AvgIpc) is 3.03. The molecule has 1 saturated carbocycles. The highest BCUT2D eigenvalue weighted by Gasteiger charge is 2.34. The largest absolute Gasteiger partial charge is 0.486 e. The molecule has 3 aromatic rings. The topological polar surface area (TPSA) is 105 Å². The van der Waals surface area contributed by atoms with Crippen LogP contribution in [0.15, 0.2) is 65.6 Å². The highest BCUT2D eigenvalue weighted by Crippen LogP contribution is 2.35. The van der Waals surface area contributed by atoms with Crippen LogP contribution in [-0.2, 0) is 26.2 Å². The molecule has 45 heavy (non-hydrogen) atoms. The van der Waals surface area contributed by atoms with E-state index < -0.39 is 34.3 Å². The van der Waals surface area contributed by atoms with Gasteiger partial charge in [0.05, 0.1) is 10.6 Å². The molecule has 0 bridgehead atoms. The number of halogens is 3. The summed E-state index contributed by atoms with van der Waals surface area (Å²) in [6.45, 7) is 1.30. The minimum Gasteiger partial charge on any atom is -0.486 e. The first-order valence-corrected chi connectivity index (χ1v) is 16.9. The molecule has 240 valence electrons. The third kappa shape index (κ3) is 7.65. The predicted molar refractivity (Wildman–Crippen MR) is 170 cm³/mol. The van der Waals surface area contributed by atoms with E-state index in [1.165, 1.54) is 35.2 Å². The first-order chi connectivity index (χ1) is 21.5. The van der Waals surface area contributed by atoms with Gasteiger partial charge in [-0.05, 0) is 68.3 Å². The van der Waals surface area contributed by atoms with Crippen molar-refractivity contribution in [3.63, 3.8) is 0 Å². The molecule has 1 heterocycles. The molecule has 1 aliphatic heterocycles. The van der Waals surface area contributed by atoms with Gasteiger partial charge < -0.3 is 19.7 Å². The number of anilines is 1. The Hall–Kier alpha value is -3.54. The van der Waals surface area contributed by atoms with Gasteiger partial charge in [-0.3, -0.25) is 13.9 Å². The highest BCUT2D eigenvalue weighted by atomic mass is 35.5. The molecule has 0 aromatic heterocycles. The van der Waals surface area contributed by atoms with Gasteiger partial charge in [0.1, 0.15) is 31.6 Å². The number of rotatable bonds is 10. The Morgan fingerprint density at radius 3 is 2.27 bits per heavy atom. The summed E-state index contributed by atoms with van der Waals surface area (Å²) in [4.78, 5) is 28.8. The summed E-state index contributed by atoms with van der Waals surface area (Å²) >= 11 is 12.9. The van der Waals surface area contributed by atoms with Gasteiger partial charge >= 0.3 is 0 Å². The molecule has 0 saturated heterocycles. The van der Waals surface area contributed by atoms with Gasteiger partial charge in [0, 0.05) is 34.3 Å². The first kappa shape index (κ1) is 32.8. The van der Waals surface area contributed by atoms with E-state index in [1.54, 1.807) is 25.1 Å². The number of benzene rings is 3. The molecule has 1 N–H and O–H groups in total. The number of carbonyl (C=O) groups excluding carboxylic acids is 2. The molecule has 0 radical (unpaired) electrons. The van der Waals surface area contributed by atoms with Crippen LogP contribution in [0.25, 0.3) is 0 Å². The van der Waals surface area contributed by atoms with Gasteiger partial charge in [0.15, 0.2) is 11.5 Å². The Bertz CT molecular complexity index is 1630. The summed E-state index contributed by atoms with van der Waals surface area (Å²) in [5.41, 5.74) is 0.462. The molecule has 13 heteroatoms. The smallest absolute Gasteiger partial charge is 0.264 e. The Balaban J connectivity index is 1.50. The van der Waals surface area contributed by atoms with E-state index >= 15 is 0 Å². The van der Waals surface area contributed by atoms with Crippen molar-refractivity contribution in [3.8, 4) is 11.5 Å². The Labute approximate surface area is 272 Å². The van der Waals surface area contributed by atoms with Crippen LogP contribution in [0, 0.1) is 5.82 Å². The molecule has 2 amide bonds. The second-order valence-electron chi connectivity index (χ2n) is 11.0. The number of nitrogens with one attached hydrogen (secondary N) is 1. The van der Waals surface area contributed by atoms with Crippen LogP contribution in [0.2, 0.25) is 10.0 Å². The molecule has 1 fully saturated rings. The van der Waals surface area contributed by atoms with Crippen molar-refractivity contribution in [3.05, 3.63) is 82.1 Å². The fourth-order valence-corrected chi connectivity index (χ4v) is 7.40. The van der Waals surface area contributed by atoms with Crippen LogP contribution in [-0.4, -0.2) is 57.0 Å². The van der Waals surface area contributed by atoms with Crippen LogP contribution in [0.4, 0.5) is 10.1 Å². The Morgan fingerprint density at radius 2 is 1.60 bits per heavy atom. The van der Waals surface area contributed by atoms with Crippen molar-refractivity contribution in [2.24, 2.45) is 0 Å². The number of ether oxygens (including phenoxy) is 2. The molecule has 3 aromatic carbocycles. The van der Waals surface area contributed by atoms with Gasteiger partial charge in [-0.2, -0.15) is 0 Å². The SMILES string of the molecule is CC(C(=O)NC1CCCCC1)N(Cc1c(Cl)cccc1Cl)C(=O)CN(c1ccc(F)cc1)S(=O)(=O)c1ccc2c(c1)OCCO2. The van der Waals surface area contributed by atoms with E-state index in [4.69, 9.17) is 32.7 Å². The molecule has 2 aliphatic rings. The lowest BCUT2D eigenvalue weighted by Crippen LogP contribution is -2.53. The summed E-state index contributed by atoms with van der Waals surface area (Å²) in [6.07, 6.45) is 4.79.